The molecule has 3 aliphatic heterocycles. The molecule has 0 N–H and O–H groups in total. The lowest BCUT2D eigenvalue weighted by Crippen LogP contribution is -2.41. The van der Waals surface area contributed by atoms with E-state index < -0.39 is 0 Å². The fourth-order valence-corrected chi connectivity index (χ4v) is 21.7. The Balaban J connectivity index is 0.000000765. The molecule has 14 heteroatoms. The third-order valence-corrected chi connectivity index (χ3v) is 29.6. The quantitative estimate of drug-likeness (QED) is 0.0282. The number of unbranched alkanes of at least 4 members (excludes halogenated alkanes) is 32. The number of amides is 2. The summed E-state index contributed by atoms with van der Waals surface area (Å²) in [4.78, 5) is 49.1. The predicted molar refractivity (Wildman–Crippen MR) is 454 cm³/mol. The number of hydrogen-bond acceptors (Lipinski definition) is 11. The van der Waals surface area contributed by atoms with E-state index in [1.54, 1.807) is 56.7 Å². The third kappa shape index (κ3) is 24.7. The van der Waals surface area contributed by atoms with E-state index in [1.807, 2.05) is 40.2 Å². The van der Waals surface area contributed by atoms with Gasteiger partial charge in [-0.15, -0.1) is 68.0 Å². The van der Waals surface area contributed by atoms with Gasteiger partial charge in [-0.3, -0.25) is 9.59 Å². The molecule has 10 heterocycles. The van der Waals surface area contributed by atoms with E-state index in [9.17, 15) is 0 Å². The molecule has 0 spiro atoms. The van der Waals surface area contributed by atoms with Crippen LogP contribution in [0.5, 0.6) is 0 Å². The number of rotatable bonds is 51. The van der Waals surface area contributed by atoms with E-state index in [4.69, 9.17) is 9.31 Å². The average Bonchev–Trinajstić information content (AvgIpc) is 1.55. The predicted octanol–water partition coefficient (Wildman–Crippen LogP) is 29.5. The Morgan fingerprint density at radius 2 is 0.578 bits per heavy atom. The van der Waals surface area contributed by atoms with Crippen LogP contribution in [0.25, 0.3) is 50.4 Å². The molecule has 0 saturated carbocycles. The normalized spacial score (nSPS) is 15.6. The summed E-state index contributed by atoms with van der Waals surface area (Å²) in [5.41, 5.74) is 2.62. The maximum absolute atomic E-state index is 16.3. The van der Waals surface area contributed by atoms with Crippen molar-refractivity contribution in [2.45, 2.75) is 323 Å². The van der Waals surface area contributed by atoms with Crippen LogP contribution in [0.4, 0.5) is 0 Å². The maximum Gasteiger partial charge on any atom is 0.505 e. The largest absolute Gasteiger partial charge is 0.505 e. The molecule has 2 atom stereocenters. The van der Waals surface area contributed by atoms with Crippen molar-refractivity contribution in [2.24, 2.45) is 11.8 Å². The Morgan fingerprint density at radius 3 is 0.853 bits per heavy atom. The summed E-state index contributed by atoms with van der Waals surface area (Å²) >= 11 is 12.5. The minimum absolute atomic E-state index is 0.0475. The summed E-state index contributed by atoms with van der Waals surface area (Å²) < 4.78 is 12.9. The van der Waals surface area contributed by atoms with Crippen LogP contribution >= 0.6 is 79.4 Å². The van der Waals surface area contributed by atoms with Crippen molar-refractivity contribution >= 4 is 114 Å². The summed E-state index contributed by atoms with van der Waals surface area (Å²) in [5, 5.41) is 6.37. The lowest BCUT2D eigenvalue weighted by Gasteiger charge is -2.32. The summed E-state index contributed by atoms with van der Waals surface area (Å²) in [6.07, 6.45) is 51.8. The summed E-state index contributed by atoms with van der Waals surface area (Å²) in [6, 6.07) is 30.9. The van der Waals surface area contributed by atoms with Crippen LogP contribution in [0.2, 0.25) is 0 Å². The standard InChI is InChI=1S/C78H112N2O2S6.C10H15BO2S/c1-5-9-13-17-21-25-27-31-35-39-45-61(43-37-33-29-23-19-15-11-7-3)59-79-75(71-55-53-69(87-71)67-51-49-65(85-67)63-47-41-57-83-63)73-74(77(79)81)76(72-56-54-70(88-72)68-52-50-66(86-68)64-48-42-58-84-64)80(78(73)82)60-62(44-38-34-30-24-20-16-12-8-4)46-40-36-32-28-26-22-18-14-10-6-2;1-9(2)10(3,4)13-11(12-9)8-6-5-7-14-8/h41-42,47-58,61-62H,5-40,43-46,59-60H2,1-4H3;5-7H,1-4H3. The zero-order chi connectivity index (χ0) is 71.8. The van der Waals surface area contributed by atoms with Crippen molar-refractivity contribution in [3.63, 3.8) is 0 Å². The Bertz CT molecular complexity index is 3310. The maximum atomic E-state index is 16.3. The van der Waals surface area contributed by atoms with E-state index in [0.717, 1.165) is 51.6 Å². The second-order valence-corrected chi connectivity index (χ2v) is 37.9. The molecule has 2 amide bonds. The molecule has 7 aromatic rings. The van der Waals surface area contributed by atoms with Gasteiger partial charge < -0.3 is 19.1 Å². The van der Waals surface area contributed by atoms with Gasteiger partial charge in [0.25, 0.3) is 11.8 Å². The molecule has 3 aliphatic rings. The second-order valence-electron chi connectivity index (χ2n) is 30.7. The van der Waals surface area contributed by atoms with Crippen LogP contribution in [0.1, 0.15) is 322 Å². The first-order chi connectivity index (χ1) is 49.8. The van der Waals surface area contributed by atoms with Crippen molar-refractivity contribution in [3.05, 3.63) is 122 Å². The van der Waals surface area contributed by atoms with Crippen LogP contribution in [-0.2, 0) is 18.9 Å². The second kappa shape index (κ2) is 44.6. The zero-order valence-electron chi connectivity index (χ0n) is 64.1. The van der Waals surface area contributed by atoms with Crippen molar-refractivity contribution in [1.82, 2.24) is 9.80 Å². The van der Waals surface area contributed by atoms with E-state index in [0.29, 0.717) is 36.1 Å². The van der Waals surface area contributed by atoms with Gasteiger partial charge in [0.1, 0.15) is 0 Å². The van der Waals surface area contributed by atoms with Gasteiger partial charge in [0.05, 0.1) is 43.5 Å². The molecule has 102 heavy (non-hydrogen) atoms. The SMILES string of the molecule is CC1(C)OB(c2cccs2)OC1(C)C.CCCCCCCCCCCCC(CCCCCCCCCC)CN1C(=O)C2=C(c3ccc(-c4ccc(-c5cccs5)s4)s3)N(CC(CCCCCCCCCC)CCCCCCCCCCCC)C(=O)C2=C1c1ccc(-c2ccc(-c3cccs3)s2)s1. The van der Waals surface area contributed by atoms with Crippen molar-refractivity contribution in [3.8, 4) is 39.0 Å². The van der Waals surface area contributed by atoms with Gasteiger partial charge >= 0.3 is 7.12 Å². The zero-order valence-corrected chi connectivity index (χ0v) is 69.8. The number of nitrogens with zero attached hydrogens (tertiary/aromatic N) is 2. The lowest BCUT2D eigenvalue weighted by atomic mass is 9.88. The van der Waals surface area contributed by atoms with Crippen LogP contribution in [-0.4, -0.2) is 53.0 Å². The van der Waals surface area contributed by atoms with Gasteiger partial charge in [0.15, 0.2) is 0 Å². The molecule has 0 bridgehead atoms. The number of carbonyl (C=O) groups is 2. The topological polar surface area (TPSA) is 59.1 Å². The van der Waals surface area contributed by atoms with Gasteiger partial charge in [0.2, 0.25) is 0 Å². The molecule has 1 saturated heterocycles. The fraction of sp³-hybridized carbons (Fsp3) is 0.614. The Labute approximate surface area is 647 Å². The smallest absolute Gasteiger partial charge is 0.399 e. The van der Waals surface area contributed by atoms with Gasteiger partial charge in [-0.25, -0.2) is 0 Å². The molecule has 0 aliphatic carbocycles. The van der Waals surface area contributed by atoms with E-state index in [2.05, 4.69) is 149 Å². The molecule has 0 aromatic carbocycles. The van der Waals surface area contributed by atoms with E-state index in [-0.39, 0.29) is 30.1 Å². The molecule has 2 unspecified atom stereocenters. The fourth-order valence-electron chi connectivity index (χ4n) is 15.0. The Morgan fingerprint density at radius 1 is 0.324 bits per heavy atom. The number of carbonyl (C=O) groups excluding carboxylic acids is 2. The molecular formula is C88H127BN2O4S7. The third-order valence-electron chi connectivity index (χ3n) is 21.9. The van der Waals surface area contributed by atoms with Crippen LogP contribution in [0.3, 0.4) is 0 Å². The molecule has 1 fully saturated rings. The Kier molecular flexibility index (Phi) is 36.0. The van der Waals surface area contributed by atoms with E-state index >= 15 is 9.59 Å². The summed E-state index contributed by atoms with van der Waals surface area (Å²) in [7, 11) is -0.194. The highest BCUT2D eigenvalue weighted by Gasteiger charge is 2.53. The van der Waals surface area contributed by atoms with Gasteiger partial charge in [0, 0.05) is 56.9 Å². The van der Waals surface area contributed by atoms with Gasteiger partial charge in [-0.1, -0.05) is 283 Å². The number of hydrogen-bond donors (Lipinski definition) is 0. The Hall–Kier alpha value is -3.70. The van der Waals surface area contributed by atoms with Crippen molar-refractivity contribution in [1.29, 1.82) is 0 Å². The first-order valence-electron chi connectivity index (χ1n) is 40.8. The van der Waals surface area contributed by atoms with Crippen LogP contribution in [0, 0.1) is 11.8 Å². The minimum Gasteiger partial charge on any atom is -0.399 e. The molecule has 558 valence electrons. The minimum atomic E-state index is -0.234. The van der Waals surface area contributed by atoms with Crippen LogP contribution in [0.15, 0.2) is 112 Å². The first kappa shape index (κ1) is 82.4. The van der Waals surface area contributed by atoms with Gasteiger partial charge in [-0.2, -0.15) is 11.3 Å². The van der Waals surface area contributed by atoms with Crippen LogP contribution < -0.4 is 4.78 Å². The average molecular weight is 1510 g/mol. The monoisotopic (exact) mass is 1510 g/mol. The highest BCUT2D eigenvalue weighted by atomic mass is 32.1. The molecule has 0 radical (unpaired) electrons. The summed E-state index contributed by atoms with van der Waals surface area (Å²) in [5.74, 6) is 0.835. The molecule has 10 rings (SSSR count). The first-order valence-corrected chi connectivity index (χ1v) is 46.7. The highest BCUT2D eigenvalue weighted by molar-refractivity contribution is 7.27. The molecular weight excluding hydrogens is 1380 g/mol. The van der Waals surface area contributed by atoms with E-state index in [1.165, 1.54) is 270 Å². The summed E-state index contributed by atoms with van der Waals surface area (Å²) in [6.45, 7) is 18.8. The highest BCUT2D eigenvalue weighted by Crippen LogP contribution is 2.52. The lowest BCUT2D eigenvalue weighted by molar-refractivity contribution is -0.124. The molecule has 6 nitrogen and oxygen atoms in total. The molecule has 7 aromatic heterocycles. The number of fused-ring (bicyclic) bond motifs is 1. The van der Waals surface area contributed by atoms with Crippen molar-refractivity contribution < 1.29 is 18.9 Å². The van der Waals surface area contributed by atoms with Crippen molar-refractivity contribution in [2.75, 3.05) is 13.1 Å². The van der Waals surface area contributed by atoms with Gasteiger partial charge in [-0.05, 0) is 142 Å². The number of thiophene rings is 7.